The third-order valence-corrected chi connectivity index (χ3v) is 3.77. The zero-order chi connectivity index (χ0) is 12.4. The summed E-state index contributed by atoms with van der Waals surface area (Å²) in [6.45, 7) is 7.04. The molecule has 1 N–H and O–H groups in total. The minimum atomic E-state index is -0.0335. The summed E-state index contributed by atoms with van der Waals surface area (Å²) in [7, 11) is 0. The van der Waals surface area contributed by atoms with Crippen LogP contribution < -0.4 is 5.32 Å². The molecule has 98 valence electrons. The van der Waals surface area contributed by atoms with E-state index >= 15 is 0 Å². The fourth-order valence-electron chi connectivity index (χ4n) is 2.87. The minimum absolute atomic E-state index is 0.0310. The molecule has 0 aromatic rings. The van der Waals surface area contributed by atoms with Gasteiger partial charge in [-0.05, 0) is 33.7 Å². The molecule has 0 amide bonds. The van der Waals surface area contributed by atoms with Crippen LogP contribution in [-0.4, -0.2) is 36.9 Å². The summed E-state index contributed by atoms with van der Waals surface area (Å²) in [6.07, 6.45) is 2.96. The Balaban J connectivity index is 1.85. The maximum absolute atomic E-state index is 12.0. The van der Waals surface area contributed by atoms with E-state index in [4.69, 9.17) is 9.47 Å². The second-order valence-electron chi connectivity index (χ2n) is 5.43. The first-order valence-electron chi connectivity index (χ1n) is 6.65. The molecule has 4 nitrogen and oxygen atoms in total. The fraction of sp³-hybridized carbons (Fsp3) is 0.923. The number of hydrogen-bond donors (Lipinski definition) is 1. The van der Waals surface area contributed by atoms with Gasteiger partial charge in [-0.3, -0.25) is 4.79 Å². The van der Waals surface area contributed by atoms with E-state index in [1.807, 2.05) is 20.8 Å². The highest BCUT2D eigenvalue weighted by molar-refractivity contribution is 5.73. The molecule has 4 unspecified atom stereocenters. The Morgan fingerprint density at radius 1 is 1.24 bits per heavy atom. The van der Waals surface area contributed by atoms with Crippen LogP contribution in [0.25, 0.3) is 0 Å². The summed E-state index contributed by atoms with van der Waals surface area (Å²) >= 11 is 0. The Bertz CT molecular complexity index is 272. The molecule has 0 radical (unpaired) electrons. The summed E-state index contributed by atoms with van der Waals surface area (Å²) in [4.78, 5) is 12.0. The largest absolute Gasteiger partial charge is 0.462 e. The van der Waals surface area contributed by atoms with Crippen molar-refractivity contribution >= 4 is 5.97 Å². The van der Waals surface area contributed by atoms with Gasteiger partial charge in [-0.1, -0.05) is 0 Å². The second-order valence-corrected chi connectivity index (χ2v) is 5.43. The lowest BCUT2D eigenvalue weighted by molar-refractivity contribution is -0.164. The predicted octanol–water partition coefficient (Wildman–Crippen LogP) is 1.48. The van der Waals surface area contributed by atoms with Crippen molar-refractivity contribution in [3.05, 3.63) is 0 Å². The maximum atomic E-state index is 12.0. The third kappa shape index (κ3) is 3.19. The van der Waals surface area contributed by atoms with Crippen molar-refractivity contribution in [2.75, 3.05) is 6.54 Å². The van der Waals surface area contributed by atoms with Gasteiger partial charge in [0.25, 0.3) is 0 Å². The SMILES string of the molecule is CC1CC(OC(=O)C2CCNC2C)CC(C)O1. The highest BCUT2D eigenvalue weighted by Crippen LogP contribution is 2.24. The Morgan fingerprint density at radius 2 is 1.88 bits per heavy atom. The van der Waals surface area contributed by atoms with Gasteiger partial charge in [0.1, 0.15) is 6.10 Å². The molecule has 0 saturated carbocycles. The number of esters is 1. The van der Waals surface area contributed by atoms with Crippen LogP contribution in [0.2, 0.25) is 0 Å². The zero-order valence-corrected chi connectivity index (χ0v) is 10.9. The van der Waals surface area contributed by atoms with Crippen LogP contribution in [0.1, 0.15) is 40.0 Å². The van der Waals surface area contributed by atoms with Crippen molar-refractivity contribution in [3.8, 4) is 0 Å². The van der Waals surface area contributed by atoms with Gasteiger partial charge in [0.15, 0.2) is 0 Å². The van der Waals surface area contributed by atoms with Crippen LogP contribution in [0, 0.1) is 5.92 Å². The first-order chi connectivity index (χ1) is 8.06. The molecule has 4 heteroatoms. The summed E-state index contributed by atoms with van der Waals surface area (Å²) in [5, 5.41) is 3.28. The molecule has 2 aliphatic rings. The van der Waals surface area contributed by atoms with E-state index in [9.17, 15) is 4.79 Å². The topological polar surface area (TPSA) is 47.6 Å². The van der Waals surface area contributed by atoms with Crippen molar-refractivity contribution in [1.82, 2.24) is 5.32 Å². The van der Waals surface area contributed by atoms with E-state index in [-0.39, 0.29) is 36.2 Å². The standard InChI is InChI=1S/C13H23NO3/c1-8-6-11(7-9(2)16-8)17-13(15)12-4-5-14-10(12)3/h8-12,14H,4-7H2,1-3H3. The molecule has 0 aliphatic carbocycles. The van der Waals surface area contributed by atoms with Gasteiger partial charge in [-0.15, -0.1) is 0 Å². The lowest BCUT2D eigenvalue weighted by Crippen LogP contribution is -2.38. The first-order valence-corrected chi connectivity index (χ1v) is 6.65. The second kappa shape index (κ2) is 5.36. The van der Waals surface area contributed by atoms with Crippen LogP contribution in [0.15, 0.2) is 0 Å². The van der Waals surface area contributed by atoms with Gasteiger partial charge in [0, 0.05) is 18.9 Å². The number of hydrogen-bond acceptors (Lipinski definition) is 4. The summed E-state index contributed by atoms with van der Waals surface area (Å²) in [6, 6.07) is 0.247. The molecule has 17 heavy (non-hydrogen) atoms. The lowest BCUT2D eigenvalue weighted by Gasteiger charge is -2.32. The third-order valence-electron chi connectivity index (χ3n) is 3.77. The number of carbonyl (C=O) groups is 1. The van der Waals surface area contributed by atoms with E-state index in [2.05, 4.69) is 5.32 Å². The first kappa shape index (κ1) is 12.8. The van der Waals surface area contributed by atoms with Gasteiger partial charge in [-0.25, -0.2) is 0 Å². The molecule has 2 saturated heterocycles. The van der Waals surface area contributed by atoms with E-state index in [1.165, 1.54) is 0 Å². The number of carbonyl (C=O) groups excluding carboxylic acids is 1. The van der Waals surface area contributed by atoms with Gasteiger partial charge in [0.05, 0.1) is 18.1 Å². The summed E-state index contributed by atoms with van der Waals surface area (Å²) in [5.74, 6) is -0.00254. The van der Waals surface area contributed by atoms with Crippen molar-refractivity contribution in [2.24, 2.45) is 5.92 Å². The summed E-state index contributed by atoms with van der Waals surface area (Å²) in [5.41, 5.74) is 0. The van der Waals surface area contributed by atoms with Gasteiger partial charge in [0.2, 0.25) is 0 Å². The molecule has 0 aromatic heterocycles. The van der Waals surface area contributed by atoms with Crippen LogP contribution in [-0.2, 0) is 14.3 Å². The average molecular weight is 241 g/mol. The monoisotopic (exact) mass is 241 g/mol. The van der Waals surface area contributed by atoms with Gasteiger partial charge >= 0.3 is 5.97 Å². The molecule has 0 spiro atoms. The normalized spacial score (nSPS) is 42.4. The molecule has 0 aromatic carbocycles. The molecule has 4 atom stereocenters. The fourth-order valence-corrected chi connectivity index (χ4v) is 2.87. The Kier molecular flexibility index (Phi) is 4.05. The Hall–Kier alpha value is -0.610. The van der Waals surface area contributed by atoms with E-state index in [0.717, 1.165) is 25.8 Å². The smallest absolute Gasteiger partial charge is 0.310 e. The quantitative estimate of drug-likeness (QED) is 0.744. The number of ether oxygens (including phenoxy) is 2. The molecule has 2 aliphatic heterocycles. The van der Waals surface area contributed by atoms with Crippen molar-refractivity contribution in [2.45, 2.75) is 64.4 Å². The van der Waals surface area contributed by atoms with Crippen molar-refractivity contribution in [3.63, 3.8) is 0 Å². The highest BCUT2D eigenvalue weighted by atomic mass is 16.6. The molecular formula is C13H23NO3. The predicted molar refractivity (Wildman–Crippen MR) is 64.7 cm³/mol. The molecule has 0 bridgehead atoms. The molecule has 2 heterocycles. The zero-order valence-electron chi connectivity index (χ0n) is 10.9. The van der Waals surface area contributed by atoms with Crippen LogP contribution in [0.3, 0.4) is 0 Å². The van der Waals surface area contributed by atoms with E-state index in [0.29, 0.717) is 0 Å². The Morgan fingerprint density at radius 3 is 2.41 bits per heavy atom. The molecule has 2 fully saturated rings. The number of nitrogens with one attached hydrogen (secondary N) is 1. The van der Waals surface area contributed by atoms with Crippen LogP contribution in [0.5, 0.6) is 0 Å². The Labute approximate surface area is 103 Å². The minimum Gasteiger partial charge on any atom is -0.462 e. The maximum Gasteiger partial charge on any atom is 0.310 e. The van der Waals surface area contributed by atoms with Gasteiger partial charge < -0.3 is 14.8 Å². The van der Waals surface area contributed by atoms with Crippen LogP contribution >= 0.6 is 0 Å². The van der Waals surface area contributed by atoms with Crippen molar-refractivity contribution in [1.29, 1.82) is 0 Å². The van der Waals surface area contributed by atoms with E-state index < -0.39 is 0 Å². The van der Waals surface area contributed by atoms with E-state index in [1.54, 1.807) is 0 Å². The molecular weight excluding hydrogens is 218 g/mol. The van der Waals surface area contributed by atoms with Gasteiger partial charge in [-0.2, -0.15) is 0 Å². The van der Waals surface area contributed by atoms with Crippen molar-refractivity contribution < 1.29 is 14.3 Å². The lowest BCUT2D eigenvalue weighted by atomic mass is 10.0. The molecule has 2 rings (SSSR count). The highest BCUT2D eigenvalue weighted by Gasteiger charge is 2.34. The summed E-state index contributed by atoms with van der Waals surface area (Å²) < 4.78 is 11.3. The number of rotatable bonds is 2. The average Bonchev–Trinajstić information content (AvgIpc) is 2.62. The van der Waals surface area contributed by atoms with Crippen LogP contribution in [0.4, 0.5) is 0 Å².